The van der Waals surface area contributed by atoms with E-state index in [1.807, 2.05) is 0 Å². The summed E-state index contributed by atoms with van der Waals surface area (Å²) in [7, 11) is 0. The van der Waals surface area contributed by atoms with Crippen LogP contribution in [0.1, 0.15) is 9.75 Å². The maximum absolute atomic E-state index is 13.5. The molecule has 2 atom stereocenters. The molecule has 0 spiro atoms. The Morgan fingerprint density at radius 1 is 1.00 bits per heavy atom. The van der Waals surface area contributed by atoms with E-state index < -0.39 is 35.1 Å². The third-order valence-electron chi connectivity index (χ3n) is 4.45. The van der Waals surface area contributed by atoms with E-state index in [2.05, 4.69) is 5.32 Å². The molecule has 4 N–H and O–H groups in total. The number of carboxylic acid groups (broad SMARTS) is 1. The zero-order valence-corrected chi connectivity index (χ0v) is 17.6. The second-order valence-corrected chi connectivity index (χ2v) is 7.99. The van der Waals surface area contributed by atoms with Gasteiger partial charge in [0.15, 0.2) is 12.2 Å². The molecule has 3 aromatic rings. The molecule has 33 heavy (non-hydrogen) atoms. The highest BCUT2D eigenvalue weighted by atomic mass is 32.1. The largest absolute Gasteiger partial charge is 0.488 e. The van der Waals surface area contributed by atoms with Crippen LogP contribution < -0.4 is 10.1 Å². The number of halogens is 3. The average Bonchev–Trinajstić information content (AvgIpc) is 3.23. The van der Waals surface area contributed by atoms with Gasteiger partial charge in [0, 0.05) is 16.1 Å². The normalized spacial score (nSPS) is 13.2. The minimum atomic E-state index is -4.51. The Kier molecular flexibility index (Phi) is 7.36. The molecule has 1 aromatic heterocycles. The van der Waals surface area contributed by atoms with E-state index >= 15 is 0 Å². The molecule has 0 aliphatic heterocycles. The van der Waals surface area contributed by atoms with E-state index in [0.717, 1.165) is 0 Å². The predicted molar refractivity (Wildman–Crippen MR) is 114 cm³/mol. The van der Waals surface area contributed by atoms with Crippen molar-refractivity contribution in [1.29, 1.82) is 0 Å². The fourth-order valence-corrected chi connectivity index (χ4v) is 3.80. The van der Waals surface area contributed by atoms with Crippen LogP contribution in [-0.2, 0) is 22.4 Å². The Labute approximate surface area is 189 Å². The van der Waals surface area contributed by atoms with Gasteiger partial charge in [-0.3, -0.25) is 4.79 Å². The lowest BCUT2D eigenvalue weighted by atomic mass is 10.1. The fourth-order valence-electron chi connectivity index (χ4n) is 2.84. The smallest absolute Gasteiger partial charge is 0.426 e. The lowest BCUT2D eigenvalue weighted by Crippen LogP contribution is -2.42. The van der Waals surface area contributed by atoms with E-state index in [1.165, 1.54) is 30.3 Å². The van der Waals surface area contributed by atoms with Crippen molar-refractivity contribution in [3.05, 3.63) is 70.4 Å². The minimum absolute atomic E-state index is 0.0758. The number of carbonyl (C=O) groups is 2. The molecule has 11 heteroatoms. The number of carboxylic acids is 1. The highest BCUT2D eigenvalue weighted by Crippen LogP contribution is 2.43. The van der Waals surface area contributed by atoms with E-state index in [0.29, 0.717) is 27.5 Å². The number of ether oxygens (including phenoxy) is 1. The van der Waals surface area contributed by atoms with Gasteiger partial charge in [0.1, 0.15) is 17.2 Å². The Balaban J connectivity index is 1.67. The Morgan fingerprint density at radius 2 is 1.64 bits per heavy atom. The van der Waals surface area contributed by atoms with Crippen LogP contribution in [-0.4, -0.2) is 39.4 Å². The van der Waals surface area contributed by atoms with E-state index in [9.17, 15) is 33.0 Å². The molecule has 0 radical (unpaired) electrons. The number of aliphatic hydroxyl groups is 2. The summed E-state index contributed by atoms with van der Waals surface area (Å²) >= 11 is 0.594. The van der Waals surface area contributed by atoms with Gasteiger partial charge >= 0.3 is 12.1 Å². The van der Waals surface area contributed by atoms with Crippen molar-refractivity contribution in [2.45, 2.75) is 25.0 Å². The number of aliphatic hydroxyl groups excluding tert-OH is 2. The number of amides is 1. The lowest BCUT2D eigenvalue weighted by molar-refractivity contribution is -0.156. The van der Waals surface area contributed by atoms with Crippen LogP contribution in [0.25, 0.3) is 11.1 Å². The van der Waals surface area contributed by atoms with Crippen LogP contribution in [0, 0.1) is 0 Å². The number of anilines is 1. The number of hydrogen-bond acceptors (Lipinski definition) is 6. The number of thiophene rings is 1. The standard InChI is InChI=1S/C22H18F3NO6S/c23-22(24,25)19-16(12-4-2-1-3-5-12)10-15(33-19)11-32-14-8-6-13(7-9-14)26-20(29)17(27)18(28)21(30)31/h1-10,17-18,27-28H,11H2,(H,26,29)(H,30,31)/t17-,18-/m0/s1. The van der Waals surface area contributed by atoms with Crippen molar-refractivity contribution in [1.82, 2.24) is 0 Å². The van der Waals surface area contributed by atoms with Gasteiger partial charge in [-0.2, -0.15) is 13.2 Å². The van der Waals surface area contributed by atoms with Gasteiger partial charge in [0.25, 0.3) is 5.91 Å². The second kappa shape index (κ2) is 10.0. The van der Waals surface area contributed by atoms with Gasteiger partial charge < -0.3 is 25.4 Å². The molecule has 0 saturated heterocycles. The first-order valence-corrected chi connectivity index (χ1v) is 10.3. The van der Waals surface area contributed by atoms with Gasteiger partial charge in [-0.05, 0) is 35.9 Å². The summed E-state index contributed by atoms with van der Waals surface area (Å²) in [6, 6.07) is 15.3. The van der Waals surface area contributed by atoms with Gasteiger partial charge in [-0.25, -0.2) is 4.79 Å². The molecule has 0 fully saturated rings. The molecule has 1 amide bonds. The Morgan fingerprint density at radius 3 is 2.21 bits per heavy atom. The van der Waals surface area contributed by atoms with Crippen LogP contribution in [0.5, 0.6) is 5.75 Å². The molecule has 1 heterocycles. The van der Waals surface area contributed by atoms with Gasteiger partial charge in [0.2, 0.25) is 0 Å². The molecule has 2 aromatic carbocycles. The van der Waals surface area contributed by atoms with Crippen LogP contribution >= 0.6 is 11.3 Å². The van der Waals surface area contributed by atoms with Crippen molar-refractivity contribution in [3.63, 3.8) is 0 Å². The Bertz CT molecular complexity index is 1120. The van der Waals surface area contributed by atoms with Crippen LogP contribution in [0.3, 0.4) is 0 Å². The minimum Gasteiger partial charge on any atom is -0.488 e. The molecule has 3 rings (SSSR count). The monoisotopic (exact) mass is 481 g/mol. The molecule has 0 aliphatic carbocycles. The van der Waals surface area contributed by atoms with Crippen LogP contribution in [0.4, 0.5) is 18.9 Å². The highest BCUT2D eigenvalue weighted by molar-refractivity contribution is 7.12. The molecule has 0 aliphatic rings. The first kappa shape index (κ1) is 24.2. The summed E-state index contributed by atoms with van der Waals surface area (Å²) in [5, 5.41) is 29.6. The van der Waals surface area contributed by atoms with E-state index in [4.69, 9.17) is 9.84 Å². The van der Waals surface area contributed by atoms with Crippen molar-refractivity contribution in [2.24, 2.45) is 0 Å². The summed E-state index contributed by atoms with van der Waals surface area (Å²) < 4.78 is 46.0. The second-order valence-electron chi connectivity index (χ2n) is 6.85. The number of alkyl halides is 3. The van der Waals surface area contributed by atoms with Gasteiger partial charge in [0.05, 0.1) is 0 Å². The third kappa shape index (κ3) is 6.09. The fraction of sp³-hybridized carbons (Fsp3) is 0.182. The van der Waals surface area contributed by atoms with Crippen molar-refractivity contribution < 1.29 is 42.8 Å². The maximum Gasteiger partial charge on any atom is 0.426 e. The first-order chi connectivity index (χ1) is 15.6. The number of benzene rings is 2. The molecule has 0 bridgehead atoms. The topological polar surface area (TPSA) is 116 Å². The summed E-state index contributed by atoms with van der Waals surface area (Å²) in [5.74, 6) is -2.56. The summed E-state index contributed by atoms with van der Waals surface area (Å²) in [5.41, 5.74) is 0.709. The number of rotatable bonds is 8. The first-order valence-electron chi connectivity index (χ1n) is 9.44. The summed E-state index contributed by atoms with van der Waals surface area (Å²) in [4.78, 5) is 22.1. The van der Waals surface area contributed by atoms with Gasteiger partial charge in [-0.15, -0.1) is 11.3 Å². The Hall–Kier alpha value is -3.41. The molecule has 7 nitrogen and oxygen atoms in total. The third-order valence-corrected chi connectivity index (χ3v) is 5.60. The van der Waals surface area contributed by atoms with E-state index in [-0.39, 0.29) is 17.9 Å². The number of hydrogen-bond donors (Lipinski definition) is 4. The van der Waals surface area contributed by atoms with Crippen molar-refractivity contribution >= 4 is 28.9 Å². The van der Waals surface area contributed by atoms with Crippen molar-refractivity contribution in [3.8, 4) is 16.9 Å². The number of nitrogens with one attached hydrogen (secondary N) is 1. The molecular weight excluding hydrogens is 463 g/mol. The molecule has 0 unspecified atom stereocenters. The molecule has 0 saturated carbocycles. The van der Waals surface area contributed by atoms with Crippen molar-refractivity contribution in [2.75, 3.05) is 5.32 Å². The van der Waals surface area contributed by atoms with Gasteiger partial charge in [-0.1, -0.05) is 30.3 Å². The number of carbonyl (C=O) groups excluding carboxylic acids is 1. The quantitative estimate of drug-likeness (QED) is 0.390. The maximum atomic E-state index is 13.5. The summed E-state index contributed by atoms with van der Waals surface area (Å²) in [6.45, 7) is -0.115. The summed E-state index contributed by atoms with van der Waals surface area (Å²) in [6.07, 6.45) is -8.95. The molecular formula is C22H18F3NO6S. The van der Waals surface area contributed by atoms with E-state index in [1.54, 1.807) is 30.3 Å². The van der Waals surface area contributed by atoms with Crippen LogP contribution in [0.2, 0.25) is 0 Å². The highest BCUT2D eigenvalue weighted by Gasteiger charge is 2.36. The lowest BCUT2D eigenvalue weighted by Gasteiger charge is -2.14. The average molecular weight is 481 g/mol. The van der Waals surface area contributed by atoms with Crippen LogP contribution in [0.15, 0.2) is 60.7 Å². The zero-order valence-electron chi connectivity index (χ0n) is 16.7. The molecule has 174 valence electrons. The zero-order chi connectivity index (χ0) is 24.2. The SMILES string of the molecule is O=C(O)[C@@H](O)[C@H](O)C(=O)Nc1ccc(OCc2cc(-c3ccccc3)c(C(F)(F)F)s2)cc1. The number of aliphatic carboxylic acids is 1. The predicted octanol–water partition coefficient (Wildman–Crippen LogP) is 3.76.